The van der Waals surface area contributed by atoms with E-state index in [9.17, 15) is 0 Å². The van der Waals surface area contributed by atoms with Gasteiger partial charge in [-0.1, -0.05) is 196 Å². The molecule has 336 valence electrons. The van der Waals surface area contributed by atoms with Gasteiger partial charge in [-0.25, -0.2) is 9.97 Å². The van der Waals surface area contributed by atoms with Crippen molar-refractivity contribution in [1.29, 1.82) is 0 Å². The van der Waals surface area contributed by atoms with Gasteiger partial charge in [-0.2, -0.15) is 0 Å². The molecule has 2 aromatic heterocycles. The molecule has 0 amide bonds. The molecule has 72 heavy (non-hydrogen) atoms. The molecular weight excluding hydrogens is 871 g/mol. The summed E-state index contributed by atoms with van der Waals surface area (Å²) in [7, 11) is 0. The van der Waals surface area contributed by atoms with Gasteiger partial charge < -0.3 is 0 Å². The van der Waals surface area contributed by atoms with Crippen molar-refractivity contribution < 1.29 is 0 Å². The molecule has 0 atom stereocenters. The SMILES string of the molecule is CC1(C)c2ccccc2-c2cc(-c3ccc4c5ccccc5c5cc6c(cc5c4c3)c3cc(-c4ccccc4)ccc3n6-c3cc(-c4ccc5ccccc5c4)nc(-c4ccc5ccccc5c4)n3)ccc21. The number of rotatable bonds is 5. The van der Waals surface area contributed by atoms with Gasteiger partial charge >= 0.3 is 0 Å². The molecular formula is C69H45N3. The summed E-state index contributed by atoms with van der Waals surface area (Å²) < 4.78 is 2.38. The Kier molecular flexibility index (Phi) is 8.71. The van der Waals surface area contributed by atoms with Gasteiger partial charge in [-0.3, -0.25) is 4.57 Å². The topological polar surface area (TPSA) is 30.7 Å². The summed E-state index contributed by atoms with van der Waals surface area (Å²) in [5, 5.41) is 14.4. The monoisotopic (exact) mass is 915 g/mol. The number of aromatic nitrogens is 3. The van der Waals surface area contributed by atoms with E-state index in [1.54, 1.807) is 0 Å². The first-order chi connectivity index (χ1) is 35.4. The van der Waals surface area contributed by atoms with Gasteiger partial charge in [0.05, 0.1) is 16.7 Å². The van der Waals surface area contributed by atoms with Crippen LogP contribution >= 0.6 is 0 Å². The zero-order chi connectivity index (χ0) is 47.7. The van der Waals surface area contributed by atoms with E-state index in [0.717, 1.165) is 39.1 Å². The van der Waals surface area contributed by atoms with Crippen molar-refractivity contribution in [1.82, 2.24) is 14.5 Å². The molecule has 0 bridgehead atoms. The molecule has 0 saturated heterocycles. The Morgan fingerprint density at radius 2 is 0.847 bits per heavy atom. The third kappa shape index (κ3) is 6.17. The Bertz CT molecular complexity index is 4500. The molecule has 3 heteroatoms. The van der Waals surface area contributed by atoms with Crippen molar-refractivity contribution in [2.75, 3.05) is 0 Å². The molecule has 14 aromatic rings. The van der Waals surface area contributed by atoms with Gasteiger partial charge in [0.25, 0.3) is 0 Å². The fourth-order valence-corrected chi connectivity index (χ4v) is 12.1. The fourth-order valence-electron chi connectivity index (χ4n) is 12.1. The standard InChI is InChI=1S/C69H45N3/c1-69(2)62-23-13-12-22-55(62)59-37-49(29-32-63(59)69)48-28-31-54-52-20-10-11-21-53(52)58-40-66-61(39-57(58)56(54)36-48)60-38-47(42-14-4-3-5-15-42)30-33-65(60)72(66)67-41-64(50-26-24-43-16-6-8-18-45(43)34-50)70-68(71-67)51-27-25-44-17-7-9-19-46(44)35-51/h3-41H,1-2H3. The van der Waals surface area contributed by atoms with Crippen LogP contribution in [0.3, 0.4) is 0 Å². The summed E-state index contributed by atoms with van der Waals surface area (Å²) >= 11 is 0. The molecule has 15 rings (SSSR count). The van der Waals surface area contributed by atoms with Gasteiger partial charge in [0, 0.05) is 33.4 Å². The summed E-state index contributed by atoms with van der Waals surface area (Å²) in [6.45, 7) is 4.70. The molecule has 0 saturated carbocycles. The highest BCUT2D eigenvalue weighted by atomic mass is 15.1. The molecule has 0 fully saturated rings. The lowest BCUT2D eigenvalue weighted by Gasteiger charge is -2.21. The predicted molar refractivity (Wildman–Crippen MR) is 303 cm³/mol. The van der Waals surface area contributed by atoms with Crippen LogP contribution in [-0.4, -0.2) is 14.5 Å². The average molecular weight is 916 g/mol. The molecule has 1 aliphatic rings. The van der Waals surface area contributed by atoms with E-state index in [0.29, 0.717) is 5.82 Å². The van der Waals surface area contributed by atoms with Crippen molar-refractivity contribution in [2.45, 2.75) is 19.3 Å². The molecule has 2 heterocycles. The largest absolute Gasteiger partial charge is 0.294 e. The molecule has 0 N–H and O–H groups in total. The maximum atomic E-state index is 5.56. The van der Waals surface area contributed by atoms with Crippen molar-refractivity contribution in [3.05, 3.63) is 248 Å². The molecule has 0 unspecified atom stereocenters. The van der Waals surface area contributed by atoms with Crippen molar-refractivity contribution >= 4 is 75.7 Å². The summed E-state index contributed by atoms with van der Waals surface area (Å²) in [5.41, 5.74) is 15.3. The molecule has 0 spiro atoms. The number of benzene rings is 12. The van der Waals surface area contributed by atoms with Crippen molar-refractivity contribution in [2.24, 2.45) is 0 Å². The minimum Gasteiger partial charge on any atom is -0.294 e. The zero-order valence-electron chi connectivity index (χ0n) is 39.9. The highest BCUT2D eigenvalue weighted by Crippen LogP contribution is 2.50. The lowest BCUT2D eigenvalue weighted by atomic mass is 9.82. The molecule has 1 aliphatic carbocycles. The molecule has 12 aromatic carbocycles. The van der Waals surface area contributed by atoms with E-state index in [2.05, 4.69) is 255 Å². The summed E-state index contributed by atoms with van der Waals surface area (Å²) in [5.74, 6) is 1.50. The van der Waals surface area contributed by atoms with Crippen LogP contribution in [0.2, 0.25) is 0 Å². The van der Waals surface area contributed by atoms with Crippen molar-refractivity contribution in [3.8, 4) is 61.8 Å². The number of nitrogens with zero attached hydrogens (tertiary/aromatic N) is 3. The second kappa shape index (κ2) is 15.4. The lowest BCUT2D eigenvalue weighted by molar-refractivity contribution is 0.660. The van der Waals surface area contributed by atoms with E-state index < -0.39 is 0 Å². The number of hydrogen-bond acceptors (Lipinski definition) is 2. The third-order valence-corrected chi connectivity index (χ3v) is 15.7. The number of hydrogen-bond donors (Lipinski definition) is 0. The Morgan fingerprint density at radius 1 is 0.306 bits per heavy atom. The van der Waals surface area contributed by atoms with E-state index in [1.165, 1.54) is 104 Å². The molecule has 0 radical (unpaired) electrons. The third-order valence-electron chi connectivity index (χ3n) is 15.7. The summed E-state index contributed by atoms with van der Waals surface area (Å²) in [4.78, 5) is 10.9. The molecule has 3 nitrogen and oxygen atoms in total. The Morgan fingerprint density at radius 3 is 1.65 bits per heavy atom. The lowest BCUT2D eigenvalue weighted by Crippen LogP contribution is -2.14. The average Bonchev–Trinajstić information content (AvgIpc) is 3.89. The van der Waals surface area contributed by atoms with Crippen LogP contribution in [-0.2, 0) is 5.41 Å². The van der Waals surface area contributed by atoms with Gasteiger partial charge in [-0.05, 0) is 147 Å². The maximum Gasteiger partial charge on any atom is 0.162 e. The second-order valence-electron chi connectivity index (χ2n) is 20.1. The first kappa shape index (κ1) is 40.7. The van der Waals surface area contributed by atoms with Gasteiger partial charge in [0.2, 0.25) is 0 Å². The first-order valence-electron chi connectivity index (χ1n) is 25.0. The maximum absolute atomic E-state index is 5.56. The smallest absolute Gasteiger partial charge is 0.162 e. The van der Waals surface area contributed by atoms with E-state index in [1.807, 2.05) is 0 Å². The van der Waals surface area contributed by atoms with E-state index in [-0.39, 0.29) is 5.41 Å². The molecule has 0 aliphatic heterocycles. The zero-order valence-corrected chi connectivity index (χ0v) is 39.9. The Hall–Kier alpha value is -9.18. The second-order valence-corrected chi connectivity index (χ2v) is 20.1. The highest BCUT2D eigenvalue weighted by Gasteiger charge is 2.35. The normalized spacial score (nSPS) is 13.0. The highest BCUT2D eigenvalue weighted by molar-refractivity contribution is 6.29. The van der Waals surface area contributed by atoms with E-state index in [4.69, 9.17) is 9.97 Å². The number of fused-ring (bicyclic) bond motifs is 14. The van der Waals surface area contributed by atoms with E-state index >= 15 is 0 Å². The summed E-state index contributed by atoms with van der Waals surface area (Å²) in [6, 6.07) is 87.0. The van der Waals surface area contributed by atoms with Crippen LogP contribution in [0.15, 0.2) is 237 Å². The van der Waals surface area contributed by atoms with Crippen LogP contribution < -0.4 is 0 Å². The van der Waals surface area contributed by atoms with Crippen LogP contribution in [0.25, 0.3) is 138 Å². The minimum absolute atomic E-state index is 0.0460. The van der Waals surface area contributed by atoms with Gasteiger partial charge in [0.1, 0.15) is 5.82 Å². The van der Waals surface area contributed by atoms with Gasteiger partial charge in [0.15, 0.2) is 5.82 Å². The van der Waals surface area contributed by atoms with Crippen molar-refractivity contribution in [3.63, 3.8) is 0 Å². The Labute approximate surface area is 416 Å². The fraction of sp³-hybridized carbons (Fsp3) is 0.0435. The predicted octanol–water partition coefficient (Wildman–Crippen LogP) is 18.3. The summed E-state index contributed by atoms with van der Waals surface area (Å²) in [6.07, 6.45) is 0. The first-order valence-corrected chi connectivity index (χ1v) is 25.0. The quantitative estimate of drug-likeness (QED) is 0.161. The van der Waals surface area contributed by atoms with Gasteiger partial charge in [-0.15, -0.1) is 0 Å². The van der Waals surface area contributed by atoms with Crippen LogP contribution in [0.1, 0.15) is 25.0 Å². The van der Waals surface area contributed by atoms with Crippen LogP contribution in [0.4, 0.5) is 0 Å². The minimum atomic E-state index is -0.0460. The Balaban J connectivity index is 1.01. The van der Waals surface area contributed by atoms with Crippen LogP contribution in [0, 0.1) is 0 Å². The van der Waals surface area contributed by atoms with Crippen LogP contribution in [0.5, 0.6) is 0 Å².